The highest BCUT2D eigenvalue weighted by Crippen LogP contribution is 2.34. The lowest BCUT2D eigenvalue weighted by Gasteiger charge is -2.16. The maximum atomic E-state index is 12.7. The summed E-state index contributed by atoms with van der Waals surface area (Å²) in [6.45, 7) is 14.5. The van der Waals surface area contributed by atoms with E-state index in [2.05, 4.69) is 43.2 Å². The predicted octanol–water partition coefficient (Wildman–Crippen LogP) is 8.83. The van der Waals surface area contributed by atoms with Crippen molar-refractivity contribution < 1.29 is 9.53 Å². The van der Waals surface area contributed by atoms with Crippen LogP contribution in [0, 0.1) is 13.8 Å². The third-order valence-corrected chi connectivity index (χ3v) is 6.94. The van der Waals surface area contributed by atoms with Crippen LogP contribution in [0.15, 0.2) is 97.0 Å². The molecule has 3 aromatic carbocycles. The predicted molar refractivity (Wildman–Crippen MR) is 167 cm³/mol. The molecule has 1 amide bonds. The number of amides is 1. The zero-order valence-corrected chi connectivity index (χ0v) is 24.3. The number of allylic oxidation sites excluding steroid dienone is 3. The summed E-state index contributed by atoms with van der Waals surface area (Å²) in [5, 5.41) is 7.97. The highest BCUT2D eigenvalue weighted by Gasteiger charge is 2.15. The van der Waals surface area contributed by atoms with E-state index in [0.717, 1.165) is 56.0 Å². The van der Waals surface area contributed by atoms with Gasteiger partial charge in [0.25, 0.3) is 5.91 Å². The quantitative estimate of drug-likeness (QED) is 0.204. The van der Waals surface area contributed by atoms with Gasteiger partial charge in [0.15, 0.2) is 0 Å². The first kappa shape index (κ1) is 28.7. The number of carbonyl (C=O) groups is 1. The second-order valence-electron chi connectivity index (χ2n) is 9.63. The van der Waals surface area contributed by atoms with Gasteiger partial charge in [0.1, 0.15) is 5.76 Å². The minimum absolute atomic E-state index is 0.179. The number of ether oxygens (including phenoxy) is 1. The second-order valence-corrected chi connectivity index (χ2v) is 10.0. The van der Waals surface area contributed by atoms with Crippen molar-refractivity contribution in [3.05, 3.63) is 124 Å². The molecule has 1 heterocycles. The van der Waals surface area contributed by atoms with E-state index >= 15 is 0 Å². The first-order chi connectivity index (χ1) is 19.2. The van der Waals surface area contributed by atoms with E-state index in [0.29, 0.717) is 22.9 Å². The molecule has 0 unspecified atom stereocenters. The molecule has 204 valence electrons. The van der Waals surface area contributed by atoms with Gasteiger partial charge in [0.05, 0.1) is 23.5 Å². The second kappa shape index (κ2) is 12.7. The molecule has 0 aliphatic rings. The average Bonchev–Trinajstić information content (AvgIpc) is 2.95. The Morgan fingerprint density at radius 1 is 1.02 bits per heavy atom. The fourth-order valence-corrected chi connectivity index (χ4v) is 4.65. The smallest absolute Gasteiger partial charge is 0.251 e. The Morgan fingerprint density at radius 3 is 2.42 bits per heavy atom. The molecule has 0 bridgehead atoms. The molecule has 0 aliphatic heterocycles. The molecule has 0 saturated carbocycles. The maximum absolute atomic E-state index is 12.7. The third kappa shape index (κ3) is 6.61. The summed E-state index contributed by atoms with van der Waals surface area (Å²) in [5.41, 5.74) is 7.80. The van der Waals surface area contributed by atoms with Crippen molar-refractivity contribution in [2.75, 3.05) is 11.9 Å². The number of nitrogens with one attached hydrogen (secondary N) is 2. The molecule has 0 spiro atoms. The molecule has 0 fully saturated rings. The van der Waals surface area contributed by atoms with Crippen molar-refractivity contribution in [1.82, 2.24) is 10.3 Å². The van der Waals surface area contributed by atoms with Gasteiger partial charge in [-0.05, 0) is 94.8 Å². The molecule has 6 heteroatoms. The molecule has 0 atom stereocenters. The minimum atomic E-state index is -0.179. The van der Waals surface area contributed by atoms with Gasteiger partial charge in [-0.1, -0.05) is 48.0 Å². The first-order valence-corrected chi connectivity index (χ1v) is 13.6. The van der Waals surface area contributed by atoms with Crippen LogP contribution in [0.1, 0.15) is 47.8 Å². The summed E-state index contributed by atoms with van der Waals surface area (Å²) in [6, 6.07) is 21.3. The number of pyridine rings is 1. The van der Waals surface area contributed by atoms with Crippen LogP contribution in [0.5, 0.6) is 0 Å². The van der Waals surface area contributed by atoms with Gasteiger partial charge in [-0.25, -0.2) is 4.98 Å². The van der Waals surface area contributed by atoms with Crippen molar-refractivity contribution in [2.45, 2.75) is 34.6 Å². The number of aryl methyl sites for hydroxylation is 2. The van der Waals surface area contributed by atoms with Gasteiger partial charge < -0.3 is 15.4 Å². The standard InChI is InChI=1S/C34H34ClN3O2/c1-7-23(5)40-27(8-2)20-36-34(39)25-13-15-26(16-14-25)37-24(6)29-19-32(28-11-9-10-12-31(28)35)38-33-22(4)17-21(3)18-30(29)33/h7-19,37H,6,20H2,1-5H3,(H,36,39)/b23-7-,27-8-. The lowest BCUT2D eigenvalue weighted by Crippen LogP contribution is -2.26. The highest BCUT2D eigenvalue weighted by atomic mass is 35.5. The number of fused-ring (bicyclic) bond motifs is 1. The molecule has 0 radical (unpaired) electrons. The Hall–Kier alpha value is -4.35. The summed E-state index contributed by atoms with van der Waals surface area (Å²) >= 11 is 6.53. The Bertz CT molecular complexity index is 1640. The van der Waals surface area contributed by atoms with Gasteiger partial charge in [-0.2, -0.15) is 0 Å². The Kier molecular flexibility index (Phi) is 9.08. The van der Waals surface area contributed by atoms with Crippen molar-refractivity contribution in [2.24, 2.45) is 0 Å². The number of nitrogens with zero attached hydrogens (tertiary/aromatic N) is 1. The fourth-order valence-electron chi connectivity index (χ4n) is 4.42. The number of rotatable bonds is 9. The SMILES string of the molecule is C=C(Nc1ccc(C(=O)NC/C(=C/C)O/C(C)=C\C)cc1)c1cc(-c2ccccc2Cl)nc2c(C)cc(C)cc12. The normalized spacial score (nSPS) is 11.8. The van der Waals surface area contributed by atoms with E-state index in [9.17, 15) is 4.79 Å². The van der Waals surface area contributed by atoms with Crippen molar-refractivity contribution in [1.29, 1.82) is 0 Å². The number of aromatic nitrogens is 1. The van der Waals surface area contributed by atoms with Gasteiger partial charge in [0.2, 0.25) is 0 Å². The maximum Gasteiger partial charge on any atom is 0.251 e. The van der Waals surface area contributed by atoms with E-state index in [1.165, 1.54) is 0 Å². The van der Waals surface area contributed by atoms with E-state index in [1.807, 2.05) is 75.4 Å². The third-order valence-electron chi connectivity index (χ3n) is 6.61. The number of carbonyl (C=O) groups excluding carboxylic acids is 1. The number of anilines is 1. The minimum Gasteiger partial charge on any atom is -0.465 e. The molecule has 2 N–H and O–H groups in total. The molecule has 40 heavy (non-hydrogen) atoms. The van der Waals surface area contributed by atoms with Crippen LogP contribution in [0.25, 0.3) is 27.9 Å². The molecular weight excluding hydrogens is 518 g/mol. The van der Waals surface area contributed by atoms with Crippen molar-refractivity contribution in [3.63, 3.8) is 0 Å². The molecule has 0 aliphatic carbocycles. The van der Waals surface area contributed by atoms with Crippen LogP contribution in [0.3, 0.4) is 0 Å². The largest absolute Gasteiger partial charge is 0.465 e. The van der Waals surface area contributed by atoms with Crippen LogP contribution >= 0.6 is 11.6 Å². The zero-order chi connectivity index (χ0) is 28.8. The summed E-state index contributed by atoms with van der Waals surface area (Å²) in [5.74, 6) is 1.29. The van der Waals surface area contributed by atoms with Crippen LogP contribution in [-0.4, -0.2) is 17.4 Å². The fraction of sp³-hybridized carbons (Fsp3) is 0.176. The van der Waals surface area contributed by atoms with Crippen molar-refractivity contribution in [3.8, 4) is 11.3 Å². The molecule has 0 saturated heterocycles. The van der Waals surface area contributed by atoms with Crippen LogP contribution in [0.2, 0.25) is 5.02 Å². The number of hydrogen-bond donors (Lipinski definition) is 2. The topological polar surface area (TPSA) is 63.2 Å². The zero-order valence-electron chi connectivity index (χ0n) is 23.6. The van der Waals surface area contributed by atoms with Gasteiger partial charge >= 0.3 is 0 Å². The van der Waals surface area contributed by atoms with Crippen molar-refractivity contribution >= 4 is 39.8 Å². The van der Waals surface area contributed by atoms with Crippen LogP contribution in [0.4, 0.5) is 5.69 Å². The van der Waals surface area contributed by atoms with Gasteiger partial charge in [0, 0.05) is 38.5 Å². The van der Waals surface area contributed by atoms with E-state index < -0.39 is 0 Å². The Labute approximate surface area is 241 Å². The lowest BCUT2D eigenvalue weighted by molar-refractivity contribution is 0.0950. The van der Waals surface area contributed by atoms with E-state index in [4.69, 9.17) is 21.3 Å². The monoisotopic (exact) mass is 551 g/mol. The van der Waals surface area contributed by atoms with Gasteiger partial charge in [-0.3, -0.25) is 4.79 Å². The summed E-state index contributed by atoms with van der Waals surface area (Å²) in [7, 11) is 0. The molecule has 4 rings (SSSR count). The summed E-state index contributed by atoms with van der Waals surface area (Å²) < 4.78 is 5.70. The number of hydrogen-bond acceptors (Lipinski definition) is 4. The van der Waals surface area contributed by atoms with Crippen LogP contribution in [-0.2, 0) is 4.74 Å². The molecule has 5 nitrogen and oxygen atoms in total. The number of benzene rings is 3. The lowest BCUT2D eigenvalue weighted by atomic mass is 9.98. The van der Waals surface area contributed by atoms with E-state index in [1.54, 1.807) is 12.1 Å². The van der Waals surface area contributed by atoms with Gasteiger partial charge in [-0.15, -0.1) is 0 Å². The molecule has 4 aromatic rings. The summed E-state index contributed by atoms with van der Waals surface area (Å²) in [6.07, 6.45) is 3.72. The Balaban J connectivity index is 1.57. The highest BCUT2D eigenvalue weighted by molar-refractivity contribution is 6.33. The Morgan fingerprint density at radius 2 is 1.75 bits per heavy atom. The molecule has 1 aromatic heterocycles. The van der Waals surface area contributed by atoms with E-state index in [-0.39, 0.29) is 5.91 Å². The number of halogens is 1. The van der Waals surface area contributed by atoms with Crippen LogP contribution < -0.4 is 10.6 Å². The average molecular weight is 552 g/mol. The molecular formula is C34H34ClN3O2. The first-order valence-electron chi connectivity index (χ1n) is 13.2. The summed E-state index contributed by atoms with van der Waals surface area (Å²) in [4.78, 5) is 17.7.